The number of ether oxygens (including phenoxy) is 1. The molecule has 0 aliphatic carbocycles. The van der Waals surface area contributed by atoms with Crippen LogP contribution in [0.1, 0.15) is 76.4 Å². The Labute approximate surface area is 199 Å². The SMILES string of the molecule is CCC(NC(=O)c1cc(C(=O)NC(CC)c2cccc(O)c2)n2c1COCC2)c1ccccc1. The van der Waals surface area contributed by atoms with Crippen LogP contribution < -0.4 is 10.6 Å². The highest BCUT2D eigenvalue weighted by molar-refractivity contribution is 6.01. The fraction of sp³-hybridized carbons (Fsp3) is 0.333. The van der Waals surface area contributed by atoms with Crippen molar-refractivity contribution in [3.8, 4) is 5.75 Å². The van der Waals surface area contributed by atoms with Gasteiger partial charge in [-0.05, 0) is 42.2 Å². The minimum Gasteiger partial charge on any atom is -0.508 e. The Bertz CT molecular complexity index is 1160. The third kappa shape index (κ3) is 4.99. The summed E-state index contributed by atoms with van der Waals surface area (Å²) in [5, 5.41) is 16.0. The molecule has 0 fully saturated rings. The highest BCUT2D eigenvalue weighted by Crippen LogP contribution is 2.25. The van der Waals surface area contributed by atoms with E-state index < -0.39 is 0 Å². The summed E-state index contributed by atoms with van der Waals surface area (Å²) in [6.45, 7) is 5.27. The molecule has 4 rings (SSSR count). The first kappa shape index (κ1) is 23.6. The van der Waals surface area contributed by atoms with Crippen molar-refractivity contribution in [3.63, 3.8) is 0 Å². The molecular weight excluding hydrogens is 430 g/mol. The summed E-state index contributed by atoms with van der Waals surface area (Å²) in [4.78, 5) is 26.6. The van der Waals surface area contributed by atoms with Gasteiger partial charge >= 0.3 is 0 Å². The normalized spacial score (nSPS) is 14.6. The first-order valence-electron chi connectivity index (χ1n) is 11.8. The third-order valence-corrected chi connectivity index (χ3v) is 6.29. The molecule has 1 aliphatic heterocycles. The Balaban J connectivity index is 1.59. The zero-order chi connectivity index (χ0) is 24.1. The van der Waals surface area contributed by atoms with Gasteiger partial charge in [0.1, 0.15) is 11.4 Å². The second kappa shape index (κ2) is 10.6. The molecular formula is C27H31N3O4. The van der Waals surface area contributed by atoms with Crippen LogP contribution in [0.4, 0.5) is 0 Å². The van der Waals surface area contributed by atoms with E-state index in [0.717, 1.165) is 17.5 Å². The average molecular weight is 462 g/mol. The molecule has 0 radical (unpaired) electrons. The molecule has 0 spiro atoms. The van der Waals surface area contributed by atoms with Crippen molar-refractivity contribution in [2.45, 2.75) is 51.9 Å². The lowest BCUT2D eigenvalue weighted by atomic mass is 10.0. The largest absolute Gasteiger partial charge is 0.508 e. The number of hydrogen-bond donors (Lipinski definition) is 3. The van der Waals surface area contributed by atoms with Crippen molar-refractivity contribution < 1.29 is 19.4 Å². The van der Waals surface area contributed by atoms with Crippen LogP contribution in [-0.4, -0.2) is 28.1 Å². The van der Waals surface area contributed by atoms with Crippen molar-refractivity contribution in [2.24, 2.45) is 0 Å². The summed E-state index contributed by atoms with van der Waals surface area (Å²) >= 11 is 0. The van der Waals surface area contributed by atoms with Crippen molar-refractivity contribution in [1.82, 2.24) is 15.2 Å². The minimum atomic E-state index is -0.259. The maximum absolute atomic E-state index is 13.3. The number of rotatable bonds is 8. The van der Waals surface area contributed by atoms with Crippen molar-refractivity contribution in [3.05, 3.63) is 88.7 Å². The van der Waals surface area contributed by atoms with Gasteiger partial charge in [0.25, 0.3) is 11.8 Å². The Morgan fingerprint density at radius 1 is 0.941 bits per heavy atom. The van der Waals surface area contributed by atoms with Gasteiger partial charge in [-0.1, -0.05) is 56.3 Å². The highest BCUT2D eigenvalue weighted by atomic mass is 16.5. The van der Waals surface area contributed by atoms with Gasteiger partial charge in [-0.2, -0.15) is 0 Å². The third-order valence-electron chi connectivity index (χ3n) is 6.29. The van der Waals surface area contributed by atoms with E-state index in [-0.39, 0.29) is 36.3 Å². The first-order chi connectivity index (χ1) is 16.5. The zero-order valence-corrected chi connectivity index (χ0v) is 19.6. The van der Waals surface area contributed by atoms with E-state index in [1.165, 1.54) is 0 Å². The molecule has 2 unspecified atom stereocenters. The molecule has 7 heteroatoms. The van der Waals surface area contributed by atoms with Crippen LogP contribution in [0, 0.1) is 0 Å². The molecule has 0 bridgehead atoms. The van der Waals surface area contributed by atoms with Crippen molar-refractivity contribution >= 4 is 11.8 Å². The van der Waals surface area contributed by atoms with Crippen LogP contribution in [0.15, 0.2) is 60.7 Å². The fourth-order valence-electron chi connectivity index (χ4n) is 4.45. The van der Waals surface area contributed by atoms with Gasteiger partial charge in [-0.25, -0.2) is 0 Å². The van der Waals surface area contributed by atoms with Crippen LogP contribution >= 0.6 is 0 Å². The minimum absolute atomic E-state index is 0.124. The first-order valence-corrected chi connectivity index (χ1v) is 11.8. The molecule has 0 saturated heterocycles. The molecule has 2 aromatic carbocycles. The number of phenols is 1. The van der Waals surface area contributed by atoms with E-state index in [1.54, 1.807) is 24.3 Å². The molecule has 3 aromatic rings. The lowest BCUT2D eigenvalue weighted by Gasteiger charge is -2.22. The second-order valence-corrected chi connectivity index (χ2v) is 8.47. The van der Waals surface area contributed by atoms with Gasteiger partial charge in [-0.15, -0.1) is 0 Å². The van der Waals surface area contributed by atoms with Gasteiger partial charge in [0.2, 0.25) is 0 Å². The number of nitrogens with zero attached hydrogens (tertiary/aromatic N) is 1. The molecule has 1 aliphatic rings. The molecule has 0 saturated carbocycles. The molecule has 2 atom stereocenters. The lowest BCUT2D eigenvalue weighted by Crippen LogP contribution is -2.31. The van der Waals surface area contributed by atoms with Crippen LogP contribution in [-0.2, 0) is 17.9 Å². The molecule has 2 heterocycles. The van der Waals surface area contributed by atoms with E-state index in [1.807, 2.05) is 54.8 Å². The number of carbonyl (C=O) groups is 2. The summed E-state index contributed by atoms with van der Waals surface area (Å²) in [7, 11) is 0. The predicted molar refractivity (Wildman–Crippen MR) is 130 cm³/mol. The van der Waals surface area contributed by atoms with E-state index in [0.29, 0.717) is 36.5 Å². The van der Waals surface area contributed by atoms with Crippen LogP contribution in [0.5, 0.6) is 5.75 Å². The Hall–Kier alpha value is -3.58. The Kier molecular flexibility index (Phi) is 7.33. The molecule has 7 nitrogen and oxygen atoms in total. The number of carbonyl (C=O) groups excluding carboxylic acids is 2. The van der Waals surface area contributed by atoms with Gasteiger partial charge in [0, 0.05) is 6.54 Å². The number of phenolic OH excluding ortho intramolecular Hbond substituents is 1. The fourth-order valence-corrected chi connectivity index (χ4v) is 4.45. The van der Waals surface area contributed by atoms with E-state index in [4.69, 9.17) is 4.74 Å². The quantitative estimate of drug-likeness (QED) is 0.461. The number of aromatic hydroxyl groups is 1. The lowest BCUT2D eigenvalue weighted by molar-refractivity contribution is 0.0773. The van der Waals surface area contributed by atoms with E-state index >= 15 is 0 Å². The second-order valence-electron chi connectivity index (χ2n) is 8.47. The molecule has 2 amide bonds. The maximum atomic E-state index is 13.3. The molecule has 1 aromatic heterocycles. The number of aromatic nitrogens is 1. The monoisotopic (exact) mass is 461 g/mol. The highest BCUT2D eigenvalue weighted by Gasteiger charge is 2.28. The summed E-state index contributed by atoms with van der Waals surface area (Å²) < 4.78 is 7.50. The predicted octanol–water partition coefficient (Wildman–Crippen LogP) is 4.49. The van der Waals surface area contributed by atoms with Crippen LogP contribution in [0.25, 0.3) is 0 Å². The summed E-state index contributed by atoms with van der Waals surface area (Å²) in [6, 6.07) is 18.0. The number of nitrogens with one attached hydrogen (secondary N) is 2. The Morgan fingerprint density at radius 3 is 2.32 bits per heavy atom. The van der Waals surface area contributed by atoms with Gasteiger partial charge in [-0.3, -0.25) is 9.59 Å². The standard InChI is InChI=1S/C27H31N3O4/c1-3-22(18-9-6-5-7-10-18)28-26(32)21-16-24(30-13-14-34-17-25(21)30)27(33)29-23(4-2)19-11-8-12-20(31)15-19/h5-12,15-16,22-23,31H,3-4,13-14,17H2,1-2H3,(H,28,32)(H,29,33). The van der Waals surface area contributed by atoms with Crippen LogP contribution in [0.2, 0.25) is 0 Å². The van der Waals surface area contributed by atoms with Crippen molar-refractivity contribution in [1.29, 1.82) is 0 Å². The number of fused-ring (bicyclic) bond motifs is 1. The zero-order valence-electron chi connectivity index (χ0n) is 19.6. The topological polar surface area (TPSA) is 92.6 Å². The number of hydrogen-bond acceptors (Lipinski definition) is 4. The van der Waals surface area contributed by atoms with Gasteiger partial charge in [0.05, 0.1) is 36.6 Å². The summed E-state index contributed by atoms with van der Waals surface area (Å²) in [5.41, 5.74) is 3.48. The average Bonchev–Trinajstić information content (AvgIpc) is 3.26. The maximum Gasteiger partial charge on any atom is 0.268 e. The van der Waals surface area contributed by atoms with E-state index in [2.05, 4.69) is 10.6 Å². The smallest absolute Gasteiger partial charge is 0.268 e. The van der Waals surface area contributed by atoms with E-state index in [9.17, 15) is 14.7 Å². The van der Waals surface area contributed by atoms with Gasteiger partial charge < -0.3 is 25.0 Å². The molecule has 3 N–H and O–H groups in total. The summed E-state index contributed by atoms with van der Waals surface area (Å²) in [5.74, 6) is -0.318. The van der Waals surface area contributed by atoms with Crippen LogP contribution in [0.3, 0.4) is 0 Å². The molecule has 178 valence electrons. The number of benzene rings is 2. The van der Waals surface area contributed by atoms with Gasteiger partial charge in [0.15, 0.2) is 0 Å². The number of amides is 2. The Morgan fingerprint density at radius 2 is 1.62 bits per heavy atom. The molecule has 34 heavy (non-hydrogen) atoms. The summed E-state index contributed by atoms with van der Waals surface area (Å²) in [6.07, 6.45) is 1.41. The van der Waals surface area contributed by atoms with Crippen molar-refractivity contribution in [2.75, 3.05) is 6.61 Å².